The van der Waals surface area contributed by atoms with Gasteiger partial charge >= 0.3 is 45.6 Å². The standard InChI is InChI=1S/C21H24F8O9S3/c1-15(2)10-4-5-16(15,3)18(11(10)38-14(32)21(28,29)41(33,34)35)39-8-17(9-40-18,6-36-12(30)19(22,23)24)7-37-13(31)20(25,26)27/h10-11H,4-9H2,1-3H3,(H,33,34,35). The van der Waals surface area contributed by atoms with Crippen LogP contribution in [-0.4, -0.2) is 83.4 Å². The number of fused-ring (bicyclic) bond motifs is 3. The van der Waals surface area contributed by atoms with Gasteiger partial charge in [0.25, 0.3) is 0 Å². The van der Waals surface area contributed by atoms with Crippen molar-refractivity contribution in [2.75, 3.05) is 24.7 Å². The highest BCUT2D eigenvalue weighted by atomic mass is 32.2. The molecular formula is C21H24F8O9S3. The Bertz CT molecular complexity index is 1160. The Labute approximate surface area is 236 Å². The average molecular weight is 669 g/mol. The number of carbonyl (C=O) groups excluding carboxylic acids is 3. The van der Waals surface area contributed by atoms with Gasteiger partial charge in [0.05, 0.1) is 5.41 Å². The molecule has 1 N–H and O–H groups in total. The summed E-state index contributed by atoms with van der Waals surface area (Å²) in [5.74, 6) is -9.41. The van der Waals surface area contributed by atoms with Crippen LogP contribution in [0.3, 0.4) is 0 Å². The molecule has 0 radical (unpaired) electrons. The van der Waals surface area contributed by atoms with Crippen LogP contribution < -0.4 is 0 Å². The smallest absolute Gasteiger partial charge is 0.458 e. The van der Waals surface area contributed by atoms with Crippen LogP contribution in [0.1, 0.15) is 33.6 Å². The van der Waals surface area contributed by atoms with Crippen molar-refractivity contribution in [1.82, 2.24) is 0 Å². The predicted octanol–water partition coefficient (Wildman–Crippen LogP) is 4.21. The van der Waals surface area contributed by atoms with Gasteiger partial charge < -0.3 is 14.2 Å². The summed E-state index contributed by atoms with van der Waals surface area (Å²) < 4.78 is 148. The molecule has 20 heteroatoms. The van der Waals surface area contributed by atoms with E-state index in [9.17, 15) is 57.9 Å². The van der Waals surface area contributed by atoms with Gasteiger partial charge in [-0.05, 0) is 18.3 Å². The molecule has 41 heavy (non-hydrogen) atoms. The molecule has 3 aliphatic rings. The molecule has 2 bridgehead atoms. The lowest BCUT2D eigenvalue weighted by Crippen LogP contribution is -2.57. The van der Waals surface area contributed by atoms with E-state index < -0.39 is 103 Å². The minimum Gasteiger partial charge on any atom is -0.458 e. The summed E-state index contributed by atoms with van der Waals surface area (Å²) in [5, 5.41) is -5.33. The van der Waals surface area contributed by atoms with E-state index in [-0.39, 0.29) is 0 Å². The van der Waals surface area contributed by atoms with Crippen LogP contribution in [0.2, 0.25) is 0 Å². The van der Waals surface area contributed by atoms with Crippen LogP contribution in [-0.2, 0) is 38.7 Å². The first kappa shape index (κ1) is 34.0. The molecular weight excluding hydrogens is 644 g/mol. The predicted molar refractivity (Wildman–Crippen MR) is 125 cm³/mol. The highest BCUT2D eigenvalue weighted by Crippen LogP contribution is 2.78. The van der Waals surface area contributed by atoms with Gasteiger partial charge in [0.15, 0.2) is 0 Å². The largest absolute Gasteiger partial charge is 0.490 e. The second-order valence-electron chi connectivity index (χ2n) is 10.9. The van der Waals surface area contributed by atoms with Crippen molar-refractivity contribution in [2.45, 2.75) is 61.4 Å². The molecule has 0 aromatic rings. The van der Waals surface area contributed by atoms with Crippen LogP contribution >= 0.6 is 23.5 Å². The Morgan fingerprint density at radius 2 is 1.29 bits per heavy atom. The fourth-order valence-corrected chi connectivity index (χ4v) is 10.4. The summed E-state index contributed by atoms with van der Waals surface area (Å²) in [4.78, 5) is 35.0. The number of halogens is 8. The van der Waals surface area contributed by atoms with Gasteiger partial charge in [-0.1, -0.05) is 20.8 Å². The fourth-order valence-electron chi connectivity index (χ4n) is 5.61. The van der Waals surface area contributed by atoms with Gasteiger partial charge in [-0.15, -0.1) is 23.5 Å². The minimum absolute atomic E-state index is 0.333. The number of alkyl halides is 8. The molecule has 3 rings (SSSR count). The number of carbonyl (C=O) groups is 3. The van der Waals surface area contributed by atoms with E-state index in [1.54, 1.807) is 20.8 Å². The molecule has 0 aromatic carbocycles. The number of thioether (sulfide) groups is 2. The third kappa shape index (κ3) is 5.61. The topological polar surface area (TPSA) is 133 Å². The van der Waals surface area contributed by atoms with E-state index >= 15 is 0 Å². The molecule has 1 spiro atoms. The average Bonchev–Trinajstić information content (AvgIpc) is 3.13. The second kappa shape index (κ2) is 10.3. The molecule has 2 saturated carbocycles. The number of esters is 3. The number of hydrogen-bond acceptors (Lipinski definition) is 10. The zero-order valence-electron chi connectivity index (χ0n) is 21.4. The van der Waals surface area contributed by atoms with Gasteiger partial charge in [-0.3, -0.25) is 4.55 Å². The summed E-state index contributed by atoms with van der Waals surface area (Å²) in [7, 11) is -6.22. The lowest BCUT2D eigenvalue weighted by molar-refractivity contribution is -0.208. The summed E-state index contributed by atoms with van der Waals surface area (Å²) in [6.45, 7) is 2.92. The van der Waals surface area contributed by atoms with Crippen LogP contribution in [0.5, 0.6) is 0 Å². The van der Waals surface area contributed by atoms with Gasteiger partial charge in [-0.25, -0.2) is 14.4 Å². The Morgan fingerprint density at radius 1 is 0.854 bits per heavy atom. The van der Waals surface area contributed by atoms with E-state index in [1.807, 2.05) is 0 Å². The van der Waals surface area contributed by atoms with Crippen molar-refractivity contribution in [3.05, 3.63) is 0 Å². The lowest BCUT2D eigenvalue weighted by atomic mass is 9.70. The zero-order chi connectivity index (χ0) is 31.7. The van der Waals surface area contributed by atoms with E-state index in [2.05, 4.69) is 9.47 Å². The number of rotatable bonds is 7. The van der Waals surface area contributed by atoms with Gasteiger partial charge in [0.1, 0.15) is 23.4 Å². The maximum absolute atomic E-state index is 14.1. The van der Waals surface area contributed by atoms with Gasteiger partial charge in [0, 0.05) is 22.8 Å². The Morgan fingerprint density at radius 3 is 1.68 bits per heavy atom. The normalized spacial score (nSPS) is 28.8. The van der Waals surface area contributed by atoms with E-state index in [4.69, 9.17) is 9.29 Å². The zero-order valence-corrected chi connectivity index (χ0v) is 23.8. The maximum atomic E-state index is 14.1. The van der Waals surface area contributed by atoms with Crippen molar-refractivity contribution in [2.24, 2.45) is 22.2 Å². The first-order valence-corrected chi connectivity index (χ1v) is 15.0. The molecule has 0 amide bonds. The molecule has 0 aromatic heterocycles. The molecule has 236 valence electrons. The molecule has 3 unspecified atom stereocenters. The molecule has 1 aliphatic heterocycles. The lowest BCUT2D eigenvalue weighted by Gasteiger charge is -2.54. The quantitative estimate of drug-likeness (QED) is 0.181. The van der Waals surface area contributed by atoms with Crippen LogP contribution in [0.4, 0.5) is 35.1 Å². The van der Waals surface area contributed by atoms with Crippen molar-refractivity contribution in [1.29, 1.82) is 0 Å². The van der Waals surface area contributed by atoms with Gasteiger partial charge in [0.2, 0.25) is 0 Å². The second-order valence-corrected chi connectivity index (χ2v) is 15.1. The maximum Gasteiger partial charge on any atom is 0.490 e. The van der Waals surface area contributed by atoms with Crippen molar-refractivity contribution < 1.29 is 76.7 Å². The molecule has 9 nitrogen and oxygen atoms in total. The minimum atomic E-state index is -6.22. The van der Waals surface area contributed by atoms with Crippen molar-refractivity contribution in [3.8, 4) is 0 Å². The SMILES string of the molecule is CC1(C)C2CCC1(C)C1(SCC(COC(=O)C(F)(F)F)(COC(=O)C(F)(F)F)CS1)C2OC(=O)C(F)(F)S(=O)(=O)O. The molecule has 2 aliphatic carbocycles. The molecule has 1 heterocycles. The first-order valence-electron chi connectivity index (χ1n) is 11.6. The van der Waals surface area contributed by atoms with Crippen LogP contribution in [0.15, 0.2) is 0 Å². The molecule has 1 saturated heterocycles. The monoisotopic (exact) mass is 668 g/mol. The summed E-state index contributed by atoms with van der Waals surface area (Å²) >= 11 is 1.63. The van der Waals surface area contributed by atoms with Gasteiger partial charge in [-0.2, -0.15) is 43.5 Å². The summed E-state index contributed by atoms with van der Waals surface area (Å²) in [6, 6.07) is 0. The van der Waals surface area contributed by atoms with Crippen LogP contribution in [0, 0.1) is 22.2 Å². The highest BCUT2D eigenvalue weighted by Gasteiger charge is 2.77. The fraction of sp³-hybridized carbons (Fsp3) is 0.857. The summed E-state index contributed by atoms with van der Waals surface area (Å²) in [6.07, 6.45) is -11.6. The first-order chi connectivity index (χ1) is 18.3. The Balaban J connectivity index is 1.95. The van der Waals surface area contributed by atoms with Crippen molar-refractivity contribution in [3.63, 3.8) is 0 Å². The highest BCUT2D eigenvalue weighted by molar-refractivity contribution is 8.19. The van der Waals surface area contributed by atoms with Crippen molar-refractivity contribution >= 4 is 51.5 Å². The Hall–Kier alpha value is -1.54. The van der Waals surface area contributed by atoms with Crippen LogP contribution in [0.25, 0.3) is 0 Å². The van der Waals surface area contributed by atoms with E-state index in [0.29, 0.717) is 12.8 Å². The third-order valence-electron chi connectivity index (χ3n) is 8.28. The van der Waals surface area contributed by atoms with E-state index in [0.717, 1.165) is 23.5 Å². The molecule has 3 fully saturated rings. The third-order valence-corrected chi connectivity index (χ3v) is 13.5. The Kier molecular flexibility index (Phi) is 8.51. The molecule has 3 atom stereocenters. The van der Waals surface area contributed by atoms with E-state index in [1.165, 1.54) is 0 Å². The number of hydrogen-bond donors (Lipinski definition) is 1. The number of ether oxygens (including phenoxy) is 3. The summed E-state index contributed by atoms with van der Waals surface area (Å²) in [5.41, 5.74) is -3.47.